The minimum Gasteiger partial charge on any atom is -0.476 e. The molecule has 0 radical (unpaired) electrons. The van der Waals surface area contributed by atoms with E-state index in [1.807, 2.05) is 0 Å². The van der Waals surface area contributed by atoms with Gasteiger partial charge >= 0.3 is 5.97 Å². The van der Waals surface area contributed by atoms with Crippen LogP contribution in [0.1, 0.15) is 10.5 Å². The summed E-state index contributed by atoms with van der Waals surface area (Å²) in [6, 6.07) is 5.37. The number of nitrogens with two attached hydrogens (primary N) is 1. The maximum Gasteiger partial charge on any atom is 0.356 e. The summed E-state index contributed by atoms with van der Waals surface area (Å²) in [5.41, 5.74) is 5.84. The minimum atomic E-state index is -1.31. The van der Waals surface area contributed by atoms with E-state index in [9.17, 15) is 9.18 Å². The van der Waals surface area contributed by atoms with Crippen molar-refractivity contribution in [3.63, 3.8) is 0 Å². The molecular formula is C12H7Cl2FN2O2. The first kappa shape index (κ1) is 13.6. The van der Waals surface area contributed by atoms with Gasteiger partial charge in [0.1, 0.15) is 5.82 Å². The molecule has 0 aliphatic heterocycles. The molecule has 0 fully saturated rings. The van der Waals surface area contributed by atoms with Crippen molar-refractivity contribution in [1.82, 2.24) is 4.98 Å². The number of carboxylic acid groups (broad SMARTS) is 1. The lowest BCUT2D eigenvalue weighted by molar-refractivity contribution is 0.0691. The summed E-state index contributed by atoms with van der Waals surface area (Å²) in [6.07, 6.45) is 0. The van der Waals surface area contributed by atoms with E-state index in [-0.39, 0.29) is 27.1 Å². The number of hydrogen-bond acceptors (Lipinski definition) is 3. The van der Waals surface area contributed by atoms with Gasteiger partial charge in [-0.2, -0.15) is 0 Å². The van der Waals surface area contributed by atoms with Gasteiger partial charge in [-0.1, -0.05) is 29.3 Å². The molecule has 0 spiro atoms. The molecule has 0 aliphatic carbocycles. The SMILES string of the molecule is Nc1cc(-c2ccc(Cl)c(F)c2)nc(C(=O)O)c1Cl. The van der Waals surface area contributed by atoms with Crippen LogP contribution in [0.25, 0.3) is 11.3 Å². The first-order valence-electron chi connectivity index (χ1n) is 5.05. The van der Waals surface area contributed by atoms with Crippen LogP contribution in [0.2, 0.25) is 10.0 Å². The summed E-state index contributed by atoms with van der Waals surface area (Å²) in [4.78, 5) is 14.8. The summed E-state index contributed by atoms with van der Waals surface area (Å²) >= 11 is 11.3. The Balaban J connectivity index is 2.62. The molecule has 0 unspecified atom stereocenters. The number of pyridine rings is 1. The number of rotatable bonds is 2. The molecule has 2 aromatic rings. The highest BCUT2D eigenvalue weighted by atomic mass is 35.5. The Morgan fingerprint density at radius 2 is 2.00 bits per heavy atom. The van der Waals surface area contributed by atoms with E-state index in [0.717, 1.165) is 6.07 Å². The molecule has 0 saturated carbocycles. The Labute approximate surface area is 117 Å². The number of aromatic carboxylic acids is 1. The van der Waals surface area contributed by atoms with Gasteiger partial charge < -0.3 is 10.8 Å². The lowest BCUT2D eigenvalue weighted by Gasteiger charge is -2.07. The van der Waals surface area contributed by atoms with Crippen molar-refractivity contribution in [3.8, 4) is 11.3 Å². The third kappa shape index (κ3) is 2.62. The molecule has 1 aromatic carbocycles. The Bertz CT molecular complexity index is 677. The number of benzene rings is 1. The molecule has 4 nitrogen and oxygen atoms in total. The topological polar surface area (TPSA) is 76.2 Å². The highest BCUT2D eigenvalue weighted by molar-refractivity contribution is 6.35. The van der Waals surface area contributed by atoms with Crippen LogP contribution in [0.4, 0.5) is 10.1 Å². The number of hydrogen-bond donors (Lipinski definition) is 2. The predicted octanol–water partition coefficient (Wildman–Crippen LogP) is 3.47. The van der Waals surface area contributed by atoms with E-state index in [1.54, 1.807) is 0 Å². The molecule has 0 amide bonds. The second-order valence-corrected chi connectivity index (χ2v) is 4.48. The smallest absolute Gasteiger partial charge is 0.356 e. The van der Waals surface area contributed by atoms with E-state index >= 15 is 0 Å². The summed E-state index contributed by atoms with van der Waals surface area (Å²) in [5, 5.41) is 8.78. The van der Waals surface area contributed by atoms with Gasteiger partial charge in [0.05, 0.1) is 21.4 Å². The maximum absolute atomic E-state index is 13.4. The average molecular weight is 301 g/mol. The van der Waals surface area contributed by atoms with Crippen LogP contribution in [0.15, 0.2) is 24.3 Å². The van der Waals surface area contributed by atoms with E-state index in [4.69, 9.17) is 34.0 Å². The molecule has 0 atom stereocenters. The third-order valence-corrected chi connectivity index (χ3v) is 3.11. The van der Waals surface area contributed by atoms with Gasteiger partial charge in [-0.15, -0.1) is 0 Å². The molecule has 0 saturated heterocycles. The number of carboxylic acids is 1. The van der Waals surface area contributed by atoms with Crippen LogP contribution >= 0.6 is 23.2 Å². The fraction of sp³-hybridized carbons (Fsp3) is 0. The van der Waals surface area contributed by atoms with Crippen LogP contribution in [0.5, 0.6) is 0 Å². The van der Waals surface area contributed by atoms with E-state index in [0.29, 0.717) is 5.56 Å². The van der Waals surface area contributed by atoms with Crippen LogP contribution < -0.4 is 5.73 Å². The van der Waals surface area contributed by atoms with Gasteiger partial charge in [0.15, 0.2) is 5.69 Å². The van der Waals surface area contributed by atoms with E-state index in [2.05, 4.69) is 4.98 Å². The van der Waals surface area contributed by atoms with Crippen LogP contribution in [0, 0.1) is 5.82 Å². The molecule has 0 bridgehead atoms. The summed E-state index contributed by atoms with van der Waals surface area (Å²) in [5.74, 6) is -1.95. The van der Waals surface area contributed by atoms with Gasteiger partial charge in [-0.3, -0.25) is 0 Å². The number of nitrogens with zero attached hydrogens (tertiary/aromatic N) is 1. The summed E-state index contributed by atoms with van der Waals surface area (Å²) in [7, 11) is 0. The zero-order chi connectivity index (χ0) is 14.2. The highest BCUT2D eigenvalue weighted by Crippen LogP contribution is 2.29. The van der Waals surface area contributed by atoms with Crippen LogP contribution in [-0.2, 0) is 0 Å². The monoisotopic (exact) mass is 300 g/mol. The normalized spacial score (nSPS) is 10.5. The van der Waals surface area contributed by atoms with Gasteiger partial charge in [0.2, 0.25) is 0 Å². The van der Waals surface area contributed by atoms with Crippen LogP contribution in [-0.4, -0.2) is 16.1 Å². The molecule has 0 aliphatic rings. The quantitative estimate of drug-likeness (QED) is 0.890. The zero-order valence-electron chi connectivity index (χ0n) is 9.32. The molecular weight excluding hydrogens is 294 g/mol. The Kier molecular flexibility index (Phi) is 3.59. The molecule has 3 N–H and O–H groups in total. The van der Waals surface area contributed by atoms with Gasteiger partial charge in [-0.25, -0.2) is 14.2 Å². The highest BCUT2D eigenvalue weighted by Gasteiger charge is 2.16. The Morgan fingerprint density at radius 3 is 2.58 bits per heavy atom. The number of nitrogen functional groups attached to an aromatic ring is 1. The second-order valence-electron chi connectivity index (χ2n) is 3.69. The van der Waals surface area contributed by atoms with E-state index in [1.165, 1.54) is 18.2 Å². The predicted molar refractivity (Wildman–Crippen MR) is 71.0 cm³/mol. The number of aromatic nitrogens is 1. The number of carbonyl (C=O) groups is 1. The van der Waals surface area contributed by atoms with Crippen molar-refractivity contribution in [2.75, 3.05) is 5.73 Å². The molecule has 2 rings (SSSR count). The molecule has 19 heavy (non-hydrogen) atoms. The largest absolute Gasteiger partial charge is 0.476 e. The van der Waals surface area contributed by atoms with Crippen molar-refractivity contribution < 1.29 is 14.3 Å². The first-order valence-corrected chi connectivity index (χ1v) is 5.80. The summed E-state index contributed by atoms with van der Waals surface area (Å²) in [6.45, 7) is 0. The van der Waals surface area contributed by atoms with Crippen LogP contribution in [0.3, 0.4) is 0 Å². The van der Waals surface area contributed by atoms with Crippen molar-refractivity contribution in [2.45, 2.75) is 0 Å². The van der Waals surface area contributed by atoms with Crippen molar-refractivity contribution in [1.29, 1.82) is 0 Å². The molecule has 98 valence electrons. The van der Waals surface area contributed by atoms with E-state index < -0.39 is 11.8 Å². The third-order valence-electron chi connectivity index (χ3n) is 2.40. The Hall–Kier alpha value is -1.85. The minimum absolute atomic E-state index is 0.0378. The fourth-order valence-electron chi connectivity index (χ4n) is 1.49. The summed E-state index contributed by atoms with van der Waals surface area (Å²) < 4.78 is 13.4. The first-order chi connectivity index (χ1) is 8.90. The van der Waals surface area contributed by atoms with Gasteiger partial charge in [-0.05, 0) is 18.2 Å². The second kappa shape index (κ2) is 5.03. The van der Waals surface area contributed by atoms with Crippen molar-refractivity contribution in [3.05, 3.63) is 45.8 Å². The molecule has 7 heteroatoms. The fourth-order valence-corrected chi connectivity index (χ4v) is 1.79. The zero-order valence-corrected chi connectivity index (χ0v) is 10.8. The standard InChI is InChI=1S/C12H7Cl2FN2O2/c13-6-2-1-5(3-7(6)15)9-4-8(16)10(14)11(17-9)12(18)19/h1-4H,(H2,16,17)(H,18,19). The maximum atomic E-state index is 13.4. The van der Waals surface area contributed by atoms with Crippen molar-refractivity contribution in [2.24, 2.45) is 0 Å². The Morgan fingerprint density at radius 1 is 1.32 bits per heavy atom. The van der Waals surface area contributed by atoms with Gasteiger partial charge in [0.25, 0.3) is 0 Å². The molecule has 1 aromatic heterocycles. The average Bonchev–Trinajstić information content (AvgIpc) is 2.35. The molecule has 1 heterocycles. The van der Waals surface area contributed by atoms with Crippen molar-refractivity contribution >= 4 is 34.9 Å². The number of anilines is 1. The number of halogens is 3. The lowest BCUT2D eigenvalue weighted by Crippen LogP contribution is -2.05. The lowest BCUT2D eigenvalue weighted by atomic mass is 10.1. The van der Waals surface area contributed by atoms with Gasteiger partial charge in [0, 0.05) is 5.56 Å².